The zero-order chi connectivity index (χ0) is 16.1. The molecule has 1 N–H and O–H groups in total. The number of rotatable bonds is 3. The molecular weight excluding hydrogens is 288 g/mol. The van der Waals surface area contributed by atoms with E-state index < -0.39 is 23.5 Å². The van der Waals surface area contributed by atoms with E-state index >= 15 is 0 Å². The highest BCUT2D eigenvalue weighted by molar-refractivity contribution is 6.06. The fraction of sp³-hybridized carbons (Fsp3) is 0.667. The highest BCUT2D eigenvalue weighted by Crippen LogP contribution is 2.44. The van der Waals surface area contributed by atoms with Gasteiger partial charge < -0.3 is 14.8 Å². The van der Waals surface area contributed by atoms with Crippen LogP contribution in [0, 0.1) is 11.8 Å². The van der Waals surface area contributed by atoms with E-state index in [0.29, 0.717) is 0 Å². The highest BCUT2D eigenvalue weighted by atomic mass is 16.6. The smallest absolute Gasteiger partial charge is 0.407 e. The van der Waals surface area contributed by atoms with Crippen LogP contribution in [0.2, 0.25) is 0 Å². The Hall–Kier alpha value is -1.89. The standard InChI is InChI=1S/C15H20N2O5/c1-15(2,3)22-14(20)16-6-7-17-12(18)10-8-4-5-9(21-8)11(10)13(17)19/h4-5,8-11H,6-7H2,1-3H3,(H,16,20)/t8-,9-,10-,11+/m1/s1. The molecule has 4 atom stereocenters. The number of nitrogens with one attached hydrogen (secondary N) is 1. The topological polar surface area (TPSA) is 84.9 Å². The van der Waals surface area contributed by atoms with E-state index in [0.717, 1.165) is 0 Å². The van der Waals surface area contributed by atoms with Gasteiger partial charge >= 0.3 is 6.09 Å². The van der Waals surface area contributed by atoms with Gasteiger partial charge in [-0.1, -0.05) is 12.2 Å². The van der Waals surface area contributed by atoms with Crippen molar-refractivity contribution in [3.8, 4) is 0 Å². The van der Waals surface area contributed by atoms with Crippen LogP contribution in [0.1, 0.15) is 20.8 Å². The van der Waals surface area contributed by atoms with Crippen LogP contribution in [-0.4, -0.2) is 53.7 Å². The summed E-state index contributed by atoms with van der Waals surface area (Å²) in [4.78, 5) is 37.5. The molecule has 3 rings (SSSR count). The lowest BCUT2D eigenvalue weighted by atomic mass is 9.85. The van der Waals surface area contributed by atoms with Gasteiger partial charge in [0.15, 0.2) is 0 Å². The fourth-order valence-corrected chi connectivity index (χ4v) is 3.17. The molecular formula is C15H20N2O5. The molecule has 3 aliphatic heterocycles. The first-order chi connectivity index (χ1) is 10.3. The van der Waals surface area contributed by atoms with Crippen LogP contribution < -0.4 is 5.32 Å². The lowest BCUT2D eigenvalue weighted by Gasteiger charge is -2.21. The van der Waals surface area contributed by atoms with Crippen molar-refractivity contribution < 1.29 is 23.9 Å². The van der Waals surface area contributed by atoms with E-state index in [9.17, 15) is 14.4 Å². The van der Waals surface area contributed by atoms with Crippen LogP contribution in [0.25, 0.3) is 0 Å². The number of carbonyl (C=O) groups excluding carboxylic acids is 3. The molecule has 2 bridgehead atoms. The van der Waals surface area contributed by atoms with Crippen molar-refractivity contribution in [3.63, 3.8) is 0 Å². The first kappa shape index (κ1) is 15.0. The van der Waals surface area contributed by atoms with Gasteiger partial charge in [0.1, 0.15) is 5.60 Å². The predicted octanol–water partition coefficient (Wildman–Crippen LogP) is 0.450. The van der Waals surface area contributed by atoms with E-state index in [-0.39, 0.29) is 37.1 Å². The van der Waals surface area contributed by atoms with E-state index in [1.165, 1.54) is 4.90 Å². The minimum atomic E-state index is -0.581. The summed E-state index contributed by atoms with van der Waals surface area (Å²) >= 11 is 0. The summed E-state index contributed by atoms with van der Waals surface area (Å²) in [6.07, 6.45) is 2.57. The van der Waals surface area contributed by atoms with Crippen LogP contribution in [0.5, 0.6) is 0 Å². The van der Waals surface area contributed by atoms with Gasteiger partial charge in [0, 0.05) is 13.1 Å². The molecule has 3 heterocycles. The van der Waals surface area contributed by atoms with Crippen molar-refractivity contribution in [2.24, 2.45) is 11.8 Å². The van der Waals surface area contributed by atoms with Gasteiger partial charge in [-0.3, -0.25) is 14.5 Å². The van der Waals surface area contributed by atoms with Gasteiger partial charge in [-0.15, -0.1) is 0 Å². The Labute approximate surface area is 128 Å². The lowest BCUT2D eigenvalue weighted by molar-refractivity contribution is -0.142. The number of nitrogens with zero attached hydrogens (tertiary/aromatic N) is 1. The number of likely N-dealkylation sites (tertiary alicyclic amines) is 1. The average molecular weight is 308 g/mol. The molecule has 2 fully saturated rings. The van der Waals surface area contributed by atoms with Gasteiger partial charge in [-0.05, 0) is 20.8 Å². The van der Waals surface area contributed by atoms with Crippen LogP contribution in [-0.2, 0) is 19.1 Å². The molecule has 2 saturated heterocycles. The number of carbonyl (C=O) groups is 3. The molecule has 7 heteroatoms. The Balaban J connectivity index is 1.53. The third-order valence-electron chi connectivity index (χ3n) is 4.01. The minimum Gasteiger partial charge on any atom is -0.444 e. The number of hydrogen-bond donors (Lipinski definition) is 1. The molecule has 22 heavy (non-hydrogen) atoms. The molecule has 0 aromatic heterocycles. The Kier molecular flexibility index (Phi) is 3.47. The summed E-state index contributed by atoms with van der Waals surface area (Å²) in [5.74, 6) is -1.22. The average Bonchev–Trinajstić information content (AvgIpc) is 3.05. The van der Waals surface area contributed by atoms with Crippen molar-refractivity contribution in [2.75, 3.05) is 13.1 Å². The van der Waals surface area contributed by atoms with Crippen LogP contribution in [0.4, 0.5) is 4.79 Å². The Morgan fingerprint density at radius 2 is 1.77 bits per heavy atom. The molecule has 3 aliphatic rings. The molecule has 0 aliphatic carbocycles. The third-order valence-corrected chi connectivity index (χ3v) is 4.01. The van der Waals surface area contributed by atoms with Crippen LogP contribution >= 0.6 is 0 Å². The molecule has 0 spiro atoms. The molecule has 0 aromatic rings. The predicted molar refractivity (Wildman–Crippen MR) is 75.7 cm³/mol. The zero-order valence-corrected chi connectivity index (χ0v) is 12.9. The lowest BCUT2D eigenvalue weighted by Crippen LogP contribution is -2.41. The van der Waals surface area contributed by atoms with Gasteiger partial charge in [-0.2, -0.15) is 0 Å². The maximum absolute atomic E-state index is 12.3. The Morgan fingerprint density at radius 3 is 2.27 bits per heavy atom. The van der Waals surface area contributed by atoms with Gasteiger partial charge in [0.2, 0.25) is 11.8 Å². The minimum absolute atomic E-state index is 0.156. The number of ether oxygens (including phenoxy) is 2. The molecule has 7 nitrogen and oxygen atoms in total. The second-order valence-electron chi connectivity index (χ2n) is 6.76. The summed E-state index contributed by atoms with van der Waals surface area (Å²) < 4.78 is 10.7. The first-order valence-corrected chi connectivity index (χ1v) is 7.44. The quantitative estimate of drug-likeness (QED) is 0.604. The van der Waals surface area contributed by atoms with Crippen LogP contribution in [0.15, 0.2) is 12.2 Å². The maximum Gasteiger partial charge on any atom is 0.407 e. The molecule has 0 unspecified atom stereocenters. The Morgan fingerprint density at radius 1 is 1.23 bits per heavy atom. The fourth-order valence-electron chi connectivity index (χ4n) is 3.17. The summed E-state index contributed by atoms with van der Waals surface area (Å²) in [5, 5.41) is 2.56. The number of amides is 3. The second kappa shape index (κ2) is 5.08. The first-order valence-electron chi connectivity index (χ1n) is 7.44. The van der Waals surface area contributed by atoms with Crippen molar-refractivity contribution in [3.05, 3.63) is 12.2 Å². The van der Waals surface area contributed by atoms with E-state index in [4.69, 9.17) is 9.47 Å². The number of imide groups is 1. The molecule has 0 radical (unpaired) electrons. The van der Waals surface area contributed by atoms with E-state index in [1.54, 1.807) is 20.8 Å². The number of fused-ring (bicyclic) bond motifs is 5. The van der Waals surface area contributed by atoms with E-state index in [2.05, 4.69) is 5.32 Å². The molecule has 3 amide bonds. The van der Waals surface area contributed by atoms with Crippen molar-refractivity contribution in [2.45, 2.75) is 38.6 Å². The Bertz CT molecular complexity index is 521. The monoisotopic (exact) mass is 308 g/mol. The van der Waals surface area contributed by atoms with Gasteiger partial charge in [0.25, 0.3) is 0 Å². The van der Waals surface area contributed by atoms with Gasteiger partial charge in [-0.25, -0.2) is 4.79 Å². The number of hydrogen-bond acceptors (Lipinski definition) is 5. The summed E-state index contributed by atoms with van der Waals surface area (Å²) in [5.41, 5.74) is -0.581. The zero-order valence-electron chi connectivity index (χ0n) is 12.9. The largest absolute Gasteiger partial charge is 0.444 e. The molecule has 0 saturated carbocycles. The molecule has 120 valence electrons. The summed E-state index contributed by atoms with van der Waals surface area (Å²) in [7, 11) is 0. The number of alkyl carbamates (subject to hydrolysis) is 1. The van der Waals surface area contributed by atoms with Crippen molar-refractivity contribution in [1.82, 2.24) is 10.2 Å². The van der Waals surface area contributed by atoms with E-state index in [1.807, 2.05) is 12.2 Å². The molecule has 0 aromatic carbocycles. The normalized spacial score (nSPS) is 32.6. The SMILES string of the molecule is CC(C)(C)OC(=O)NCCN1C(=O)[C@@H]2[C@H](C1=O)[C@H]1C=C[C@H]2O1. The third kappa shape index (κ3) is 2.49. The highest BCUT2D eigenvalue weighted by Gasteiger charge is 2.60. The maximum atomic E-state index is 12.3. The van der Waals surface area contributed by atoms with Crippen molar-refractivity contribution in [1.29, 1.82) is 0 Å². The van der Waals surface area contributed by atoms with Crippen LogP contribution in [0.3, 0.4) is 0 Å². The van der Waals surface area contributed by atoms with Gasteiger partial charge in [0.05, 0.1) is 24.0 Å². The second-order valence-corrected chi connectivity index (χ2v) is 6.76. The van der Waals surface area contributed by atoms with Crippen molar-refractivity contribution >= 4 is 17.9 Å². The summed E-state index contributed by atoms with van der Waals surface area (Å²) in [6.45, 7) is 5.64. The summed E-state index contributed by atoms with van der Waals surface area (Å²) in [6, 6.07) is 0.